The van der Waals surface area contributed by atoms with Crippen molar-refractivity contribution in [3.05, 3.63) is 12.2 Å². The van der Waals surface area contributed by atoms with Crippen molar-refractivity contribution < 1.29 is 0 Å². The summed E-state index contributed by atoms with van der Waals surface area (Å²) in [6.07, 6.45) is 5.94. The van der Waals surface area contributed by atoms with Crippen LogP contribution in [0.1, 0.15) is 6.42 Å². The highest BCUT2D eigenvalue weighted by Gasteiger charge is 2.49. The Labute approximate surface area is 53.7 Å². The van der Waals surface area contributed by atoms with Gasteiger partial charge in [-0.25, -0.2) is 0 Å². The molecule has 3 rings (SSSR count). The maximum atomic E-state index is 4.09. The molecule has 0 aromatic rings. The van der Waals surface area contributed by atoms with E-state index in [1.807, 2.05) is 0 Å². The van der Waals surface area contributed by atoms with Crippen LogP contribution in [-0.2, 0) is 0 Å². The predicted molar refractivity (Wildman–Crippen MR) is 33.2 cm³/mol. The Morgan fingerprint density at radius 1 is 1.00 bits per heavy atom. The van der Waals surface area contributed by atoms with Crippen LogP contribution in [0, 0.1) is 11.8 Å². The van der Waals surface area contributed by atoms with Gasteiger partial charge >= 0.3 is 0 Å². The molecule has 0 aromatic heterocycles. The summed E-state index contributed by atoms with van der Waals surface area (Å²) in [6, 6.07) is 1.19. The van der Waals surface area contributed by atoms with Gasteiger partial charge in [-0.2, -0.15) is 10.2 Å². The second-order valence-corrected chi connectivity index (χ2v) is 3.16. The van der Waals surface area contributed by atoms with Crippen molar-refractivity contribution in [2.24, 2.45) is 22.1 Å². The minimum atomic E-state index is 0.597. The fourth-order valence-corrected chi connectivity index (χ4v) is 2.16. The third kappa shape index (κ3) is 0.326. The van der Waals surface area contributed by atoms with E-state index in [1.54, 1.807) is 0 Å². The molecule has 3 aliphatic rings. The summed E-state index contributed by atoms with van der Waals surface area (Å²) in [7, 11) is 0. The molecule has 1 saturated carbocycles. The summed E-state index contributed by atoms with van der Waals surface area (Å²) in [5, 5.41) is 8.17. The van der Waals surface area contributed by atoms with Crippen LogP contribution < -0.4 is 0 Å². The first-order chi connectivity index (χ1) is 4.45. The van der Waals surface area contributed by atoms with Crippen LogP contribution in [-0.4, -0.2) is 12.1 Å². The van der Waals surface area contributed by atoms with Crippen LogP contribution in [0.15, 0.2) is 22.4 Å². The van der Waals surface area contributed by atoms with Crippen molar-refractivity contribution in [2.75, 3.05) is 0 Å². The molecule has 9 heavy (non-hydrogen) atoms. The van der Waals surface area contributed by atoms with Crippen molar-refractivity contribution in [1.82, 2.24) is 0 Å². The number of fused-ring (bicyclic) bond motifs is 5. The Morgan fingerprint density at radius 2 is 1.56 bits per heavy atom. The van der Waals surface area contributed by atoms with E-state index in [4.69, 9.17) is 0 Å². The molecule has 2 heteroatoms. The van der Waals surface area contributed by atoms with Gasteiger partial charge in [0.15, 0.2) is 0 Å². The van der Waals surface area contributed by atoms with Crippen LogP contribution in [0.5, 0.6) is 0 Å². The summed E-state index contributed by atoms with van der Waals surface area (Å²) in [5.41, 5.74) is 0. The van der Waals surface area contributed by atoms with Gasteiger partial charge in [0, 0.05) is 11.8 Å². The Balaban J connectivity index is 2.10. The number of rotatable bonds is 0. The molecule has 0 amide bonds. The van der Waals surface area contributed by atoms with E-state index in [9.17, 15) is 0 Å². The molecule has 4 atom stereocenters. The zero-order valence-electron chi connectivity index (χ0n) is 5.07. The summed E-state index contributed by atoms with van der Waals surface area (Å²) in [5.74, 6) is 1.52. The molecule has 1 heterocycles. The van der Waals surface area contributed by atoms with E-state index in [2.05, 4.69) is 22.4 Å². The van der Waals surface area contributed by atoms with Gasteiger partial charge in [0.05, 0.1) is 0 Å². The zero-order valence-corrected chi connectivity index (χ0v) is 5.07. The summed E-state index contributed by atoms with van der Waals surface area (Å²) in [6.45, 7) is 0. The van der Waals surface area contributed by atoms with Crippen molar-refractivity contribution in [1.29, 1.82) is 0 Å². The maximum absolute atomic E-state index is 4.09. The van der Waals surface area contributed by atoms with Crippen molar-refractivity contribution >= 4 is 0 Å². The average molecular weight is 120 g/mol. The molecule has 2 aliphatic carbocycles. The first-order valence-corrected chi connectivity index (χ1v) is 3.53. The summed E-state index contributed by atoms with van der Waals surface area (Å²) in [4.78, 5) is 0. The lowest BCUT2D eigenvalue weighted by atomic mass is 9.95. The second-order valence-electron chi connectivity index (χ2n) is 3.16. The van der Waals surface area contributed by atoms with Gasteiger partial charge in [0.1, 0.15) is 12.1 Å². The minimum Gasteiger partial charge on any atom is -0.187 e. The van der Waals surface area contributed by atoms with Crippen molar-refractivity contribution in [3.63, 3.8) is 0 Å². The molecule has 0 radical (unpaired) electrons. The van der Waals surface area contributed by atoms with Crippen molar-refractivity contribution in [2.45, 2.75) is 18.5 Å². The molecule has 0 spiro atoms. The molecule has 2 nitrogen and oxygen atoms in total. The topological polar surface area (TPSA) is 24.7 Å². The SMILES string of the molecule is C1=C[C@H]2C[C@H]1[C@@H]1N=N[C@@H]12. The molecule has 46 valence electrons. The molecule has 0 aromatic carbocycles. The quantitative estimate of drug-likeness (QED) is 0.432. The third-order valence-corrected chi connectivity index (χ3v) is 2.71. The van der Waals surface area contributed by atoms with E-state index in [0.717, 1.165) is 11.8 Å². The molecule has 2 bridgehead atoms. The molecule has 0 unspecified atom stereocenters. The van der Waals surface area contributed by atoms with Gasteiger partial charge in [0.25, 0.3) is 0 Å². The molecular formula is C7H8N2. The van der Waals surface area contributed by atoms with E-state index < -0.39 is 0 Å². The highest BCUT2D eigenvalue weighted by atomic mass is 15.3. The largest absolute Gasteiger partial charge is 0.187 e. The van der Waals surface area contributed by atoms with Crippen LogP contribution in [0.2, 0.25) is 0 Å². The highest BCUT2D eigenvalue weighted by molar-refractivity contribution is 5.21. The molecular weight excluding hydrogens is 112 g/mol. The van der Waals surface area contributed by atoms with Gasteiger partial charge in [-0.05, 0) is 6.42 Å². The van der Waals surface area contributed by atoms with Gasteiger partial charge in [0.2, 0.25) is 0 Å². The van der Waals surface area contributed by atoms with Crippen LogP contribution in [0.3, 0.4) is 0 Å². The second kappa shape index (κ2) is 1.11. The Bertz CT molecular complexity index is 183. The molecule has 0 saturated heterocycles. The first kappa shape index (κ1) is 4.20. The maximum Gasteiger partial charge on any atom is 0.102 e. The van der Waals surface area contributed by atoms with Crippen molar-refractivity contribution in [3.8, 4) is 0 Å². The molecule has 1 aliphatic heterocycles. The fraction of sp³-hybridized carbons (Fsp3) is 0.714. The lowest BCUT2D eigenvalue weighted by molar-refractivity contribution is 0.379. The first-order valence-electron chi connectivity index (χ1n) is 3.53. The van der Waals surface area contributed by atoms with Gasteiger partial charge in [-0.3, -0.25) is 0 Å². The number of hydrogen-bond acceptors (Lipinski definition) is 2. The minimum absolute atomic E-state index is 0.597. The monoisotopic (exact) mass is 120 g/mol. The van der Waals surface area contributed by atoms with Crippen LogP contribution >= 0.6 is 0 Å². The number of hydrogen-bond donors (Lipinski definition) is 0. The average Bonchev–Trinajstić information content (AvgIpc) is 2.18. The Hall–Kier alpha value is -0.660. The third-order valence-electron chi connectivity index (χ3n) is 2.71. The zero-order chi connectivity index (χ0) is 5.84. The summed E-state index contributed by atoms with van der Waals surface area (Å²) < 4.78 is 0. The lowest BCUT2D eigenvalue weighted by Gasteiger charge is -2.26. The van der Waals surface area contributed by atoms with Crippen LogP contribution in [0.25, 0.3) is 0 Å². The number of nitrogens with zero attached hydrogens (tertiary/aromatic N) is 2. The predicted octanol–water partition coefficient (Wildman–Crippen LogP) is 1.40. The van der Waals surface area contributed by atoms with E-state index >= 15 is 0 Å². The highest BCUT2D eigenvalue weighted by Crippen LogP contribution is 2.47. The van der Waals surface area contributed by atoms with Gasteiger partial charge < -0.3 is 0 Å². The Morgan fingerprint density at radius 3 is 1.89 bits per heavy atom. The van der Waals surface area contributed by atoms with Gasteiger partial charge in [-0.1, -0.05) is 12.2 Å². The summed E-state index contributed by atoms with van der Waals surface area (Å²) >= 11 is 0. The normalized spacial score (nSPS) is 57.8. The Kier molecular flexibility index (Phi) is 0.516. The lowest BCUT2D eigenvalue weighted by Crippen LogP contribution is -2.33. The van der Waals surface area contributed by atoms with E-state index in [-0.39, 0.29) is 0 Å². The van der Waals surface area contributed by atoms with Crippen LogP contribution in [0.4, 0.5) is 0 Å². The standard InChI is InChI=1S/C7H8N2/c1-2-5-3-4(1)6-7(5)9-8-6/h1-2,4-7H,3H2/t4-,5-,6-,7+/m0/s1. The molecule has 1 fully saturated rings. The van der Waals surface area contributed by atoms with E-state index in [0.29, 0.717) is 12.1 Å². The number of azo groups is 1. The molecule has 0 N–H and O–H groups in total. The van der Waals surface area contributed by atoms with E-state index in [1.165, 1.54) is 6.42 Å². The fourth-order valence-electron chi connectivity index (χ4n) is 2.16. The smallest absolute Gasteiger partial charge is 0.102 e. The van der Waals surface area contributed by atoms with Gasteiger partial charge in [-0.15, -0.1) is 0 Å².